The number of rotatable bonds is 5. The van der Waals surface area contributed by atoms with Gasteiger partial charge in [0.05, 0.1) is 9.79 Å². The molecule has 0 aliphatic carbocycles. The van der Waals surface area contributed by atoms with Crippen LogP contribution in [0.1, 0.15) is 6.92 Å². The van der Waals surface area contributed by atoms with E-state index in [4.69, 9.17) is 5.14 Å². The molecule has 0 saturated carbocycles. The third-order valence-electron chi connectivity index (χ3n) is 3.42. The van der Waals surface area contributed by atoms with Crippen molar-refractivity contribution in [3.63, 3.8) is 0 Å². The van der Waals surface area contributed by atoms with E-state index in [0.29, 0.717) is 5.69 Å². The number of nitrogens with two attached hydrogens (primary N) is 1. The first-order valence-electron chi connectivity index (χ1n) is 7.01. The maximum Gasteiger partial charge on any atom is 0.261 e. The van der Waals surface area contributed by atoms with Gasteiger partial charge in [-0.15, -0.1) is 0 Å². The van der Waals surface area contributed by atoms with Gasteiger partial charge in [0.2, 0.25) is 15.9 Å². The van der Waals surface area contributed by atoms with Crippen molar-refractivity contribution in [1.29, 1.82) is 0 Å². The van der Waals surface area contributed by atoms with Crippen LogP contribution < -0.4 is 14.8 Å². The van der Waals surface area contributed by atoms with Gasteiger partial charge in [0.25, 0.3) is 10.0 Å². The zero-order chi connectivity index (χ0) is 18.8. The average molecular weight is 383 g/mol. The number of carbonyl (C=O) groups is 1. The number of sulfonamides is 2. The normalized spacial score (nSPS) is 11.8. The van der Waals surface area contributed by atoms with Gasteiger partial charge in [-0.3, -0.25) is 9.52 Å². The molecule has 8 nitrogen and oxygen atoms in total. The molecule has 0 aliphatic heterocycles. The van der Waals surface area contributed by atoms with E-state index >= 15 is 0 Å². The molecule has 3 N–H and O–H groups in total. The van der Waals surface area contributed by atoms with Crippen molar-refractivity contribution in [2.75, 3.05) is 16.7 Å². The monoisotopic (exact) mass is 383 g/mol. The van der Waals surface area contributed by atoms with Crippen LogP contribution in [0.25, 0.3) is 0 Å². The van der Waals surface area contributed by atoms with Crippen LogP contribution in [-0.2, 0) is 24.8 Å². The number of carbonyl (C=O) groups excluding carboxylic acids is 1. The van der Waals surface area contributed by atoms with E-state index in [1.807, 2.05) is 0 Å². The van der Waals surface area contributed by atoms with Crippen molar-refractivity contribution in [2.45, 2.75) is 16.7 Å². The predicted octanol–water partition coefficient (Wildman–Crippen LogP) is 1.12. The lowest BCUT2D eigenvalue weighted by Crippen LogP contribution is -2.22. The summed E-state index contributed by atoms with van der Waals surface area (Å²) in [5.41, 5.74) is 0.869. The number of anilines is 2. The fourth-order valence-electron chi connectivity index (χ4n) is 1.97. The SMILES string of the molecule is CC(=O)N(C)c1ccc(NS(=O)(=O)c2cccc(S(N)(=O)=O)c2)cc1. The molecule has 0 fully saturated rings. The number of amides is 1. The van der Waals surface area contributed by atoms with Gasteiger partial charge < -0.3 is 4.90 Å². The second-order valence-electron chi connectivity index (χ2n) is 5.25. The van der Waals surface area contributed by atoms with Crippen LogP contribution in [0.15, 0.2) is 58.3 Å². The van der Waals surface area contributed by atoms with Crippen LogP contribution in [-0.4, -0.2) is 29.8 Å². The maximum atomic E-state index is 12.4. The first-order valence-corrected chi connectivity index (χ1v) is 10.0. The predicted molar refractivity (Wildman–Crippen MR) is 94.1 cm³/mol. The molecule has 2 aromatic carbocycles. The van der Waals surface area contributed by atoms with Crippen molar-refractivity contribution >= 4 is 37.3 Å². The van der Waals surface area contributed by atoms with Gasteiger partial charge in [-0.25, -0.2) is 22.0 Å². The number of primary sulfonamides is 1. The third kappa shape index (κ3) is 4.56. The van der Waals surface area contributed by atoms with E-state index in [2.05, 4.69) is 4.72 Å². The highest BCUT2D eigenvalue weighted by Crippen LogP contribution is 2.21. The molecule has 25 heavy (non-hydrogen) atoms. The molecule has 1 amide bonds. The van der Waals surface area contributed by atoms with Crippen molar-refractivity contribution in [1.82, 2.24) is 0 Å². The lowest BCUT2D eigenvalue weighted by Gasteiger charge is -2.15. The molecule has 0 atom stereocenters. The van der Waals surface area contributed by atoms with E-state index in [9.17, 15) is 21.6 Å². The average Bonchev–Trinajstić information content (AvgIpc) is 2.54. The standard InChI is InChI=1S/C15H17N3O5S2/c1-11(19)18(2)13-8-6-12(7-9-13)17-25(22,23)15-5-3-4-14(10-15)24(16,20)21/h3-10,17H,1-2H3,(H2,16,20,21). The van der Waals surface area contributed by atoms with Crippen LogP contribution in [0, 0.1) is 0 Å². The highest BCUT2D eigenvalue weighted by molar-refractivity contribution is 7.93. The Hall–Kier alpha value is -2.43. The summed E-state index contributed by atoms with van der Waals surface area (Å²) in [6, 6.07) is 10.9. The summed E-state index contributed by atoms with van der Waals surface area (Å²) in [6.07, 6.45) is 0. The van der Waals surface area contributed by atoms with E-state index in [1.54, 1.807) is 19.2 Å². The molecule has 134 valence electrons. The Balaban J connectivity index is 2.29. The summed E-state index contributed by atoms with van der Waals surface area (Å²) in [6.45, 7) is 1.41. The minimum Gasteiger partial charge on any atom is -0.316 e. The third-order valence-corrected chi connectivity index (χ3v) is 5.71. The molecule has 2 aromatic rings. The van der Waals surface area contributed by atoms with Gasteiger partial charge in [0.15, 0.2) is 0 Å². The van der Waals surface area contributed by atoms with Crippen LogP contribution >= 0.6 is 0 Å². The molecular weight excluding hydrogens is 366 g/mol. The summed E-state index contributed by atoms with van der Waals surface area (Å²) >= 11 is 0. The van der Waals surface area contributed by atoms with Crippen LogP contribution in [0.4, 0.5) is 11.4 Å². The van der Waals surface area contributed by atoms with Crippen molar-refractivity contribution in [3.05, 3.63) is 48.5 Å². The molecule has 2 rings (SSSR count). The van der Waals surface area contributed by atoms with E-state index in [-0.39, 0.29) is 21.4 Å². The molecule has 10 heteroatoms. The second-order valence-corrected chi connectivity index (χ2v) is 8.49. The van der Waals surface area contributed by atoms with Crippen molar-refractivity contribution in [3.8, 4) is 0 Å². The van der Waals surface area contributed by atoms with E-state index in [1.165, 1.54) is 42.2 Å². The summed E-state index contributed by atoms with van der Waals surface area (Å²) in [5.74, 6) is -0.159. The van der Waals surface area contributed by atoms with Gasteiger partial charge in [0.1, 0.15) is 0 Å². The van der Waals surface area contributed by atoms with Gasteiger partial charge >= 0.3 is 0 Å². The Kier molecular flexibility index (Phi) is 5.16. The number of hydrogen-bond donors (Lipinski definition) is 2. The summed E-state index contributed by atoms with van der Waals surface area (Å²) < 4.78 is 49.8. The largest absolute Gasteiger partial charge is 0.316 e. The Labute approximate surface area is 146 Å². The molecular formula is C15H17N3O5S2. The Morgan fingerprint density at radius 3 is 2.08 bits per heavy atom. The van der Waals surface area contributed by atoms with E-state index in [0.717, 1.165) is 6.07 Å². The lowest BCUT2D eigenvalue weighted by molar-refractivity contribution is -0.116. The first-order chi connectivity index (χ1) is 11.5. The van der Waals surface area contributed by atoms with Crippen molar-refractivity contribution in [2.24, 2.45) is 5.14 Å². The number of nitrogens with one attached hydrogen (secondary N) is 1. The lowest BCUT2D eigenvalue weighted by atomic mass is 10.2. The van der Waals surface area contributed by atoms with Gasteiger partial charge in [-0.05, 0) is 42.5 Å². The minimum absolute atomic E-state index is 0.159. The molecule has 0 radical (unpaired) electrons. The number of nitrogens with zero attached hydrogens (tertiary/aromatic N) is 1. The molecule has 0 spiro atoms. The number of hydrogen-bond acceptors (Lipinski definition) is 5. The topological polar surface area (TPSA) is 127 Å². The molecule has 0 heterocycles. The van der Waals surface area contributed by atoms with E-state index < -0.39 is 20.0 Å². The smallest absolute Gasteiger partial charge is 0.261 e. The Morgan fingerprint density at radius 1 is 1.00 bits per heavy atom. The zero-order valence-electron chi connectivity index (χ0n) is 13.5. The number of benzene rings is 2. The maximum absolute atomic E-state index is 12.4. The van der Waals surface area contributed by atoms with Crippen molar-refractivity contribution < 1.29 is 21.6 Å². The summed E-state index contributed by atoms with van der Waals surface area (Å²) in [4.78, 5) is 12.2. The fourth-order valence-corrected chi connectivity index (χ4v) is 3.71. The first kappa shape index (κ1) is 18.9. The Morgan fingerprint density at radius 2 is 1.56 bits per heavy atom. The summed E-state index contributed by atoms with van der Waals surface area (Å²) in [7, 11) is -6.41. The molecule has 0 aliphatic rings. The minimum atomic E-state index is -4.01. The fraction of sp³-hybridized carbons (Fsp3) is 0.133. The van der Waals surface area contributed by atoms with Gasteiger partial charge in [-0.1, -0.05) is 6.07 Å². The summed E-state index contributed by atoms with van der Waals surface area (Å²) in [5, 5.41) is 5.02. The molecule has 0 aromatic heterocycles. The zero-order valence-corrected chi connectivity index (χ0v) is 15.1. The van der Waals surface area contributed by atoms with Crippen LogP contribution in [0.2, 0.25) is 0 Å². The van der Waals surface area contributed by atoms with Gasteiger partial charge in [-0.2, -0.15) is 0 Å². The second kappa shape index (κ2) is 6.82. The molecule has 0 unspecified atom stereocenters. The highest BCUT2D eigenvalue weighted by Gasteiger charge is 2.17. The van der Waals surface area contributed by atoms with Crippen LogP contribution in [0.5, 0.6) is 0 Å². The van der Waals surface area contributed by atoms with Crippen LogP contribution in [0.3, 0.4) is 0 Å². The molecule has 0 saturated heterocycles. The molecule has 0 bridgehead atoms. The van der Waals surface area contributed by atoms with Gasteiger partial charge in [0, 0.05) is 25.3 Å². The quantitative estimate of drug-likeness (QED) is 0.800. The highest BCUT2D eigenvalue weighted by atomic mass is 32.2. The Bertz CT molecular complexity index is 1000.